The third kappa shape index (κ3) is 2.26. The molecule has 0 aliphatic rings. The standard InChI is InChI=1S/C10H12BrNO2/c1-6-3-4-8(7(2)10(6)14)12-9(13)5-11/h3-4,14H,5H2,1-2H3,(H,12,13). The number of aromatic hydroxyl groups is 1. The highest BCUT2D eigenvalue weighted by Gasteiger charge is 2.07. The van der Waals surface area contributed by atoms with Crippen molar-refractivity contribution in [1.29, 1.82) is 0 Å². The average Bonchev–Trinajstić information content (AvgIpc) is 2.19. The second-order valence-corrected chi connectivity index (χ2v) is 3.65. The molecule has 0 bridgehead atoms. The van der Waals surface area contributed by atoms with Gasteiger partial charge in [0.2, 0.25) is 5.91 Å². The molecule has 0 spiro atoms. The highest BCUT2D eigenvalue weighted by molar-refractivity contribution is 9.09. The summed E-state index contributed by atoms with van der Waals surface area (Å²) in [6, 6.07) is 3.55. The lowest BCUT2D eigenvalue weighted by Gasteiger charge is -2.10. The van der Waals surface area contributed by atoms with Gasteiger partial charge in [-0.3, -0.25) is 4.79 Å². The van der Waals surface area contributed by atoms with Crippen molar-refractivity contribution < 1.29 is 9.90 Å². The molecular formula is C10H12BrNO2. The average molecular weight is 258 g/mol. The fraction of sp³-hybridized carbons (Fsp3) is 0.300. The van der Waals surface area contributed by atoms with Gasteiger partial charge in [0.1, 0.15) is 5.75 Å². The number of anilines is 1. The quantitative estimate of drug-likeness (QED) is 0.800. The molecule has 1 rings (SSSR count). The van der Waals surface area contributed by atoms with Gasteiger partial charge in [0.05, 0.1) is 5.33 Å². The summed E-state index contributed by atoms with van der Waals surface area (Å²) in [5, 5.41) is 12.5. The van der Waals surface area contributed by atoms with E-state index >= 15 is 0 Å². The molecule has 0 aromatic heterocycles. The molecule has 2 N–H and O–H groups in total. The van der Waals surface area contributed by atoms with E-state index in [0.717, 1.165) is 5.56 Å². The van der Waals surface area contributed by atoms with Crippen LogP contribution in [0.2, 0.25) is 0 Å². The lowest BCUT2D eigenvalue weighted by molar-refractivity contribution is -0.113. The van der Waals surface area contributed by atoms with Gasteiger partial charge in [-0.05, 0) is 25.5 Å². The van der Waals surface area contributed by atoms with Gasteiger partial charge >= 0.3 is 0 Å². The zero-order valence-electron chi connectivity index (χ0n) is 8.10. The van der Waals surface area contributed by atoms with E-state index < -0.39 is 0 Å². The van der Waals surface area contributed by atoms with E-state index in [2.05, 4.69) is 21.2 Å². The second kappa shape index (κ2) is 4.46. The number of carbonyl (C=O) groups is 1. The van der Waals surface area contributed by atoms with Crippen LogP contribution in [0.3, 0.4) is 0 Å². The molecule has 14 heavy (non-hydrogen) atoms. The van der Waals surface area contributed by atoms with Crippen molar-refractivity contribution in [2.24, 2.45) is 0 Å². The zero-order valence-corrected chi connectivity index (χ0v) is 9.68. The highest BCUT2D eigenvalue weighted by atomic mass is 79.9. The Morgan fingerprint density at radius 2 is 2.14 bits per heavy atom. The number of hydrogen-bond acceptors (Lipinski definition) is 2. The van der Waals surface area contributed by atoms with Crippen LogP contribution in [0, 0.1) is 13.8 Å². The maximum Gasteiger partial charge on any atom is 0.235 e. The molecule has 0 saturated carbocycles. The Labute approximate surface area is 91.3 Å². The molecule has 0 unspecified atom stereocenters. The number of benzene rings is 1. The molecule has 0 radical (unpaired) electrons. The van der Waals surface area contributed by atoms with E-state index in [-0.39, 0.29) is 17.0 Å². The molecule has 4 heteroatoms. The Morgan fingerprint density at radius 3 is 2.71 bits per heavy atom. The fourth-order valence-electron chi connectivity index (χ4n) is 1.15. The number of rotatable bonds is 2. The predicted molar refractivity (Wildman–Crippen MR) is 60.0 cm³/mol. The molecule has 1 aromatic rings. The summed E-state index contributed by atoms with van der Waals surface area (Å²) in [6.07, 6.45) is 0. The molecule has 0 fully saturated rings. The molecule has 3 nitrogen and oxygen atoms in total. The molecule has 0 heterocycles. The van der Waals surface area contributed by atoms with Gasteiger partial charge in [0.25, 0.3) is 0 Å². The molecule has 0 atom stereocenters. The largest absolute Gasteiger partial charge is 0.507 e. The van der Waals surface area contributed by atoms with Crippen molar-refractivity contribution in [2.75, 3.05) is 10.6 Å². The van der Waals surface area contributed by atoms with Gasteiger partial charge < -0.3 is 10.4 Å². The summed E-state index contributed by atoms with van der Waals surface area (Å²) in [6.45, 7) is 3.59. The fourth-order valence-corrected chi connectivity index (χ4v) is 1.29. The summed E-state index contributed by atoms with van der Waals surface area (Å²) in [5.74, 6) is 0.105. The Bertz CT molecular complexity index is 363. The molecule has 1 amide bonds. The highest BCUT2D eigenvalue weighted by Crippen LogP contribution is 2.27. The molecule has 0 aliphatic carbocycles. The lowest BCUT2D eigenvalue weighted by Crippen LogP contribution is -2.13. The predicted octanol–water partition coefficient (Wildman–Crippen LogP) is 2.34. The normalized spacial score (nSPS) is 9.93. The Hall–Kier alpha value is -1.03. The van der Waals surface area contributed by atoms with Crippen molar-refractivity contribution in [3.63, 3.8) is 0 Å². The number of halogens is 1. The van der Waals surface area contributed by atoms with E-state index in [4.69, 9.17) is 0 Å². The van der Waals surface area contributed by atoms with Gasteiger partial charge in [-0.1, -0.05) is 22.0 Å². The second-order valence-electron chi connectivity index (χ2n) is 3.09. The first-order valence-corrected chi connectivity index (χ1v) is 5.33. The van der Waals surface area contributed by atoms with Crippen LogP contribution in [-0.2, 0) is 4.79 Å². The van der Waals surface area contributed by atoms with Crippen molar-refractivity contribution in [1.82, 2.24) is 0 Å². The maximum absolute atomic E-state index is 11.1. The van der Waals surface area contributed by atoms with E-state index in [1.807, 2.05) is 6.92 Å². The molecule has 76 valence electrons. The van der Waals surface area contributed by atoms with Crippen molar-refractivity contribution in [2.45, 2.75) is 13.8 Å². The van der Waals surface area contributed by atoms with E-state index in [1.54, 1.807) is 19.1 Å². The number of phenolic OH excluding ortho intramolecular Hbond substituents is 1. The van der Waals surface area contributed by atoms with Crippen LogP contribution in [0.5, 0.6) is 5.75 Å². The minimum Gasteiger partial charge on any atom is -0.507 e. The smallest absolute Gasteiger partial charge is 0.235 e. The number of hydrogen-bond donors (Lipinski definition) is 2. The monoisotopic (exact) mass is 257 g/mol. The number of carbonyl (C=O) groups excluding carboxylic acids is 1. The first-order chi connectivity index (χ1) is 6.56. The van der Waals surface area contributed by atoms with Crippen LogP contribution in [0.25, 0.3) is 0 Å². The molecular weight excluding hydrogens is 246 g/mol. The van der Waals surface area contributed by atoms with Gasteiger partial charge in [-0.2, -0.15) is 0 Å². The summed E-state index contributed by atoms with van der Waals surface area (Å²) in [4.78, 5) is 11.1. The summed E-state index contributed by atoms with van der Waals surface area (Å²) in [7, 11) is 0. The SMILES string of the molecule is Cc1ccc(NC(=O)CBr)c(C)c1O. The van der Waals surface area contributed by atoms with Crippen LogP contribution in [0.4, 0.5) is 5.69 Å². The van der Waals surface area contributed by atoms with Crippen molar-refractivity contribution in [3.05, 3.63) is 23.3 Å². The maximum atomic E-state index is 11.1. The van der Waals surface area contributed by atoms with Crippen LogP contribution in [0.15, 0.2) is 12.1 Å². The van der Waals surface area contributed by atoms with E-state index in [9.17, 15) is 9.90 Å². The summed E-state index contributed by atoms with van der Waals surface area (Å²) in [5.41, 5.74) is 2.15. The van der Waals surface area contributed by atoms with Crippen LogP contribution < -0.4 is 5.32 Å². The number of aryl methyl sites for hydroxylation is 1. The van der Waals surface area contributed by atoms with Gasteiger partial charge in [-0.25, -0.2) is 0 Å². The first-order valence-electron chi connectivity index (χ1n) is 4.21. The Balaban J connectivity index is 3.00. The first kappa shape index (κ1) is 11.0. The number of phenols is 1. The van der Waals surface area contributed by atoms with Gasteiger partial charge in [0.15, 0.2) is 0 Å². The van der Waals surface area contributed by atoms with E-state index in [1.165, 1.54) is 0 Å². The van der Waals surface area contributed by atoms with Crippen LogP contribution in [-0.4, -0.2) is 16.3 Å². The molecule has 0 aliphatic heterocycles. The topological polar surface area (TPSA) is 49.3 Å². The van der Waals surface area contributed by atoms with Crippen molar-refractivity contribution >= 4 is 27.5 Å². The van der Waals surface area contributed by atoms with Gasteiger partial charge in [0, 0.05) is 11.3 Å². The zero-order chi connectivity index (χ0) is 10.7. The minimum absolute atomic E-state index is 0.128. The Morgan fingerprint density at radius 1 is 1.50 bits per heavy atom. The third-order valence-corrected chi connectivity index (χ3v) is 2.54. The van der Waals surface area contributed by atoms with Gasteiger partial charge in [-0.15, -0.1) is 0 Å². The summed E-state index contributed by atoms with van der Waals surface area (Å²) >= 11 is 3.06. The van der Waals surface area contributed by atoms with Crippen LogP contribution in [0.1, 0.15) is 11.1 Å². The van der Waals surface area contributed by atoms with Crippen molar-refractivity contribution in [3.8, 4) is 5.75 Å². The minimum atomic E-state index is -0.128. The lowest BCUT2D eigenvalue weighted by atomic mass is 10.1. The van der Waals surface area contributed by atoms with E-state index in [0.29, 0.717) is 11.3 Å². The van der Waals surface area contributed by atoms with Crippen LogP contribution >= 0.6 is 15.9 Å². The molecule has 1 aromatic carbocycles. The number of nitrogens with one attached hydrogen (secondary N) is 1. The summed E-state index contributed by atoms with van der Waals surface area (Å²) < 4.78 is 0. The molecule has 0 saturated heterocycles. The number of amides is 1. The third-order valence-electron chi connectivity index (χ3n) is 2.03. The number of alkyl halides is 1. The Kier molecular flexibility index (Phi) is 3.52.